The molecule has 3 fully saturated rings. The van der Waals surface area contributed by atoms with Crippen molar-refractivity contribution < 1.29 is 43.1 Å². The molecule has 3 aromatic heterocycles. The van der Waals surface area contributed by atoms with Gasteiger partial charge < -0.3 is 28.5 Å². The van der Waals surface area contributed by atoms with Gasteiger partial charge >= 0.3 is 11.8 Å². The van der Waals surface area contributed by atoms with Crippen LogP contribution in [0.1, 0.15) is 68.7 Å². The Bertz CT molecular complexity index is 2730. The maximum atomic E-state index is 17.7. The van der Waals surface area contributed by atoms with Crippen LogP contribution in [0.2, 0.25) is 0 Å². The highest BCUT2D eigenvalue weighted by molar-refractivity contribution is 6.03. The van der Waals surface area contributed by atoms with E-state index in [1.54, 1.807) is 6.92 Å². The number of piperidine rings is 1. The van der Waals surface area contributed by atoms with Gasteiger partial charge in [0.1, 0.15) is 34.4 Å². The lowest BCUT2D eigenvalue weighted by Crippen LogP contribution is -2.60. The number of phenolic OH excluding ortho intramolecular Hbond substituents is 1. The number of halogens is 4. The number of aryl methyl sites for hydroxylation is 2. The quantitative estimate of drug-likeness (QED) is 0.138. The molecule has 5 aromatic rings. The normalized spacial score (nSPS) is 26.9. The number of benzene rings is 2. The molecule has 298 valence electrons. The van der Waals surface area contributed by atoms with Crippen molar-refractivity contribution in [2.45, 2.75) is 83.5 Å². The molecule has 0 aliphatic carbocycles. The van der Waals surface area contributed by atoms with Crippen molar-refractivity contribution in [2.75, 3.05) is 38.1 Å². The molecule has 2 bridgehead atoms. The second kappa shape index (κ2) is 14.0. The zero-order chi connectivity index (χ0) is 44.2. The van der Waals surface area contributed by atoms with Gasteiger partial charge in [-0.3, -0.25) is 4.90 Å². The molecule has 2 aromatic carbocycles. The first-order valence-electron chi connectivity index (χ1n) is 21.5. The van der Waals surface area contributed by atoms with Crippen LogP contribution in [0, 0.1) is 42.2 Å². The van der Waals surface area contributed by atoms with Crippen molar-refractivity contribution in [3.63, 3.8) is 0 Å². The van der Waals surface area contributed by atoms with Crippen LogP contribution in [0.4, 0.5) is 23.4 Å². The topological polar surface area (TPSA) is 121 Å². The van der Waals surface area contributed by atoms with Crippen LogP contribution < -0.4 is 15.5 Å². The Morgan fingerprint density at radius 2 is 1.98 bits per heavy atom. The van der Waals surface area contributed by atoms with Crippen LogP contribution in [0.5, 0.6) is 11.8 Å². The van der Waals surface area contributed by atoms with Crippen LogP contribution in [0.3, 0.4) is 0 Å². The molecule has 0 spiro atoms. The predicted octanol–water partition coefficient (Wildman–Crippen LogP) is 6.82. The van der Waals surface area contributed by atoms with E-state index < -0.39 is 61.3 Å². The summed E-state index contributed by atoms with van der Waals surface area (Å²) in [5, 5.41) is 11.4. The van der Waals surface area contributed by atoms with Gasteiger partial charge in [0.2, 0.25) is 6.43 Å². The number of alkyl halides is 2. The first-order chi connectivity index (χ1) is 29.3. The Hall–Kier alpha value is -5.20. The molecular weight excluding hydrogens is 744 g/mol. The van der Waals surface area contributed by atoms with Crippen molar-refractivity contribution >= 4 is 27.5 Å². The van der Waals surface area contributed by atoms with Crippen LogP contribution in [-0.4, -0.2) is 87.6 Å². The van der Waals surface area contributed by atoms with Gasteiger partial charge in [-0.15, -0.1) is 6.42 Å². The highest BCUT2D eigenvalue weighted by atomic mass is 19.3. The molecule has 11 nitrogen and oxygen atoms in total. The molecule has 5 atom stereocenters. The van der Waals surface area contributed by atoms with Crippen molar-refractivity contribution in [3.8, 4) is 35.4 Å². The van der Waals surface area contributed by atoms with E-state index in [1.165, 1.54) is 25.1 Å². The SMILES string of the molecule is [2H]C([2H])([2H])N1CC[C@H](C(F)F)[C@](C)(C([2H])([2H])Oc2nc3c4c(nc(-c5cc(O)cc6ccc(F)c(C#C)c56)c(F)c4n2)CCC[C@@H]2[C@@H]4CC[C@H](CN32)N4Cc2oc(=O)oc2C)C1. The Morgan fingerprint density at radius 3 is 2.74 bits per heavy atom. The summed E-state index contributed by atoms with van der Waals surface area (Å²) in [4.78, 5) is 31.2. The number of hydrogen-bond acceptors (Lipinski definition) is 11. The van der Waals surface area contributed by atoms with Gasteiger partial charge in [0.15, 0.2) is 11.6 Å². The van der Waals surface area contributed by atoms with Crippen LogP contribution >= 0.6 is 0 Å². The van der Waals surface area contributed by atoms with Crippen molar-refractivity contribution in [2.24, 2.45) is 11.3 Å². The van der Waals surface area contributed by atoms with Gasteiger partial charge in [0.05, 0.1) is 32.5 Å². The van der Waals surface area contributed by atoms with E-state index in [0.29, 0.717) is 48.5 Å². The predicted molar refractivity (Wildman–Crippen MR) is 203 cm³/mol. The molecule has 4 aliphatic rings. The molecule has 1 N–H and O–H groups in total. The number of terminal acetylenes is 1. The number of anilines is 1. The molecule has 0 radical (unpaired) electrons. The van der Waals surface area contributed by atoms with Gasteiger partial charge in [-0.25, -0.2) is 27.3 Å². The third kappa shape index (κ3) is 6.28. The fraction of sp³-hybridized carbons (Fsp3) is 0.476. The molecule has 9 rings (SSSR count). The summed E-state index contributed by atoms with van der Waals surface area (Å²) < 4.78 is 121. The van der Waals surface area contributed by atoms with Crippen molar-refractivity contribution in [1.29, 1.82) is 0 Å². The molecule has 0 unspecified atom stereocenters. The number of phenols is 1. The highest BCUT2D eigenvalue weighted by Gasteiger charge is 2.49. The van der Waals surface area contributed by atoms with Gasteiger partial charge in [0, 0.05) is 57.6 Å². The summed E-state index contributed by atoms with van der Waals surface area (Å²) in [6.45, 7) is -3.12. The number of likely N-dealkylation sites (tertiary alicyclic amines) is 1. The minimum Gasteiger partial charge on any atom is -0.508 e. The van der Waals surface area contributed by atoms with E-state index in [1.807, 2.05) is 4.90 Å². The maximum absolute atomic E-state index is 17.7. The van der Waals surface area contributed by atoms with Crippen LogP contribution in [-0.2, 0) is 13.0 Å². The van der Waals surface area contributed by atoms with E-state index in [2.05, 4.69) is 15.8 Å². The van der Waals surface area contributed by atoms with E-state index in [-0.39, 0.29) is 82.2 Å². The third-order valence-corrected chi connectivity index (χ3v) is 12.3. The fourth-order valence-electron chi connectivity index (χ4n) is 9.60. The van der Waals surface area contributed by atoms with E-state index >= 15 is 8.78 Å². The molecular formula is C42H42F4N6O5. The average molecular weight is 792 g/mol. The Kier molecular flexibility index (Phi) is 7.83. The standard InChI is InChI=1S/C42H42F4N6O5/c1-5-25-28(43)11-9-22-15-24(53)16-26(33(22)25)36-35(44)37-34-29(47-36)7-6-8-30-31-12-10-23(51(31)18-32-21(2)56-41(54)57-32)17-52(30)39(34)49-40(48-37)55-20-42(3)19-50(4)14-13-27(42)38(45)46/h1,9,11,15-16,23,27,30-31,38,53H,6-8,10,12-14,17-20H2,2-4H3/t23-,27-,30-,31+,42+/m1/s1/i4D3,20D2. The molecule has 0 saturated carbocycles. The number of nitrogens with zero attached hydrogens (tertiary/aromatic N) is 6. The summed E-state index contributed by atoms with van der Waals surface area (Å²) in [6.07, 6.45) is 5.31. The minimum atomic E-state index is -3.04. The minimum absolute atomic E-state index is 0.0342. The number of pyridine rings is 1. The lowest BCUT2D eigenvalue weighted by Gasteiger charge is -2.48. The fourth-order valence-corrected chi connectivity index (χ4v) is 9.60. The van der Waals surface area contributed by atoms with Crippen molar-refractivity contribution in [1.82, 2.24) is 24.8 Å². The second-order valence-electron chi connectivity index (χ2n) is 15.7. The molecule has 3 saturated heterocycles. The number of rotatable bonds is 7. The number of ether oxygens (including phenoxy) is 1. The number of aromatic nitrogens is 3. The zero-order valence-electron chi connectivity index (χ0n) is 36.1. The molecule has 57 heavy (non-hydrogen) atoms. The van der Waals surface area contributed by atoms with E-state index in [0.717, 1.165) is 23.8 Å². The maximum Gasteiger partial charge on any atom is 0.519 e. The van der Waals surface area contributed by atoms with E-state index in [4.69, 9.17) is 34.1 Å². The van der Waals surface area contributed by atoms with E-state index in [9.17, 15) is 21.4 Å². The van der Waals surface area contributed by atoms with Crippen molar-refractivity contribution in [3.05, 3.63) is 69.3 Å². The largest absolute Gasteiger partial charge is 0.519 e. The van der Waals surface area contributed by atoms with Gasteiger partial charge in [0.25, 0.3) is 0 Å². The molecule has 15 heteroatoms. The first-order valence-corrected chi connectivity index (χ1v) is 19.0. The lowest BCUT2D eigenvalue weighted by atomic mass is 9.73. The average Bonchev–Trinajstić information content (AvgIpc) is 3.67. The summed E-state index contributed by atoms with van der Waals surface area (Å²) in [7, 11) is 0. The summed E-state index contributed by atoms with van der Waals surface area (Å²) in [5.41, 5.74) is -2.69. The number of aromatic hydroxyl groups is 1. The van der Waals surface area contributed by atoms with Gasteiger partial charge in [-0.2, -0.15) is 9.97 Å². The summed E-state index contributed by atoms with van der Waals surface area (Å²) in [6, 6.07) is 3.92. The smallest absolute Gasteiger partial charge is 0.508 e. The van der Waals surface area contributed by atoms with Gasteiger partial charge in [-0.05, 0) is 82.6 Å². The molecule has 0 amide bonds. The number of hydrogen-bond donors (Lipinski definition) is 1. The second-order valence-corrected chi connectivity index (χ2v) is 15.7. The summed E-state index contributed by atoms with van der Waals surface area (Å²) >= 11 is 0. The summed E-state index contributed by atoms with van der Waals surface area (Å²) in [5.74, 6) is -1.27. The van der Waals surface area contributed by atoms with Crippen LogP contribution in [0.25, 0.3) is 32.9 Å². The highest BCUT2D eigenvalue weighted by Crippen LogP contribution is 2.46. The Labute approximate surface area is 332 Å². The zero-order valence-corrected chi connectivity index (χ0v) is 31.1. The van der Waals surface area contributed by atoms with Gasteiger partial charge in [-0.1, -0.05) is 18.9 Å². The third-order valence-electron chi connectivity index (χ3n) is 12.3. The lowest BCUT2D eigenvalue weighted by molar-refractivity contribution is -0.0679. The number of fused-ring (bicyclic) bond motifs is 6. The molecule has 7 heterocycles. The Morgan fingerprint density at radius 1 is 1.14 bits per heavy atom. The number of piperazine rings is 1. The first kappa shape index (κ1) is 31.8. The molecule has 4 aliphatic heterocycles. The van der Waals surface area contributed by atoms with Crippen LogP contribution in [0.15, 0.2) is 37.9 Å². The monoisotopic (exact) mass is 791 g/mol. The Balaban J connectivity index is 1.23.